The highest BCUT2D eigenvalue weighted by Crippen LogP contribution is 2.58. The van der Waals surface area contributed by atoms with Crippen molar-refractivity contribution >= 4 is 11.6 Å². The van der Waals surface area contributed by atoms with Crippen LogP contribution in [0.1, 0.15) is 18.5 Å². The summed E-state index contributed by atoms with van der Waals surface area (Å²) in [4.78, 5) is 0. The van der Waals surface area contributed by atoms with Gasteiger partial charge in [-0.15, -0.1) is 5.10 Å². The van der Waals surface area contributed by atoms with Crippen molar-refractivity contribution in [3.63, 3.8) is 0 Å². The van der Waals surface area contributed by atoms with Crippen LogP contribution < -0.4 is 0 Å². The first-order chi connectivity index (χ1) is 6.46. The van der Waals surface area contributed by atoms with Crippen molar-refractivity contribution in [3.05, 3.63) is 23.0 Å². The van der Waals surface area contributed by atoms with Gasteiger partial charge in [0.25, 0.3) is 0 Å². The van der Waals surface area contributed by atoms with Gasteiger partial charge in [-0.3, -0.25) is 0 Å². The summed E-state index contributed by atoms with van der Waals surface area (Å²) >= 11 is 5.44. The van der Waals surface area contributed by atoms with Crippen LogP contribution in [0.15, 0.2) is 12.1 Å². The fourth-order valence-corrected chi connectivity index (χ4v) is 1.48. The van der Waals surface area contributed by atoms with Gasteiger partial charge in [0.1, 0.15) is 5.41 Å². The molecule has 1 aliphatic rings. The molecule has 0 aliphatic heterocycles. The van der Waals surface area contributed by atoms with Gasteiger partial charge in [-0.1, -0.05) is 11.6 Å². The van der Waals surface area contributed by atoms with E-state index in [0.29, 0.717) is 0 Å². The molecule has 0 bridgehead atoms. The van der Waals surface area contributed by atoms with E-state index in [0.717, 1.165) is 0 Å². The lowest BCUT2D eigenvalue weighted by Gasteiger charge is -2.17. The van der Waals surface area contributed by atoms with Crippen LogP contribution in [0, 0.1) is 0 Å². The van der Waals surface area contributed by atoms with Crippen molar-refractivity contribution < 1.29 is 13.2 Å². The van der Waals surface area contributed by atoms with Crippen LogP contribution in [-0.2, 0) is 5.41 Å². The molecule has 0 spiro atoms. The van der Waals surface area contributed by atoms with Gasteiger partial charge >= 0.3 is 6.18 Å². The van der Waals surface area contributed by atoms with Crippen molar-refractivity contribution in [2.24, 2.45) is 0 Å². The Hall–Kier alpha value is -0.840. The maximum absolute atomic E-state index is 12.6. The van der Waals surface area contributed by atoms with Crippen LogP contribution >= 0.6 is 11.6 Å². The summed E-state index contributed by atoms with van der Waals surface area (Å²) in [5.74, 6) is 0. The lowest BCUT2D eigenvalue weighted by molar-refractivity contribution is -0.161. The predicted molar refractivity (Wildman–Crippen MR) is 44.0 cm³/mol. The number of alkyl halides is 3. The molecular weight excluding hydrogens is 217 g/mol. The third-order valence-corrected chi connectivity index (χ3v) is 2.62. The third kappa shape index (κ3) is 1.35. The Balaban J connectivity index is 2.36. The number of hydrogen-bond donors (Lipinski definition) is 0. The largest absolute Gasteiger partial charge is 0.400 e. The van der Waals surface area contributed by atoms with E-state index >= 15 is 0 Å². The standard InChI is InChI=1S/C8H6ClF3N2/c9-6-2-1-5(13-14-6)7(3-4-7)8(10,11)12/h1-2H,3-4H2. The Morgan fingerprint density at radius 1 is 1.21 bits per heavy atom. The van der Waals surface area contributed by atoms with Crippen LogP contribution in [0.2, 0.25) is 5.15 Å². The predicted octanol–water partition coefficient (Wildman–Crippen LogP) is 2.72. The molecule has 1 aromatic heterocycles. The lowest BCUT2D eigenvalue weighted by atomic mass is 10.0. The van der Waals surface area contributed by atoms with E-state index in [1.165, 1.54) is 12.1 Å². The number of hydrogen-bond acceptors (Lipinski definition) is 2. The highest BCUT2D eigenvalue weighted by Gasteiger charge is 2.65. The molecule has 1 saturated carbocycles. The number of rotatable bonds is 1. The van der Waals surface area contributed by atoms with Gasteiger partial charge in [-0.25, -0.2) is 0 Å². The topological polar surface area (TPSA) is 25.8 Å². The number of aromatic nitrogens is 2. The molecule has 1 aliphatic carbocycles. The molecule has 0 atom stereocenters. The molecule has 1 heterocycles. The quantitative estimate of drug-likeness (QED) is 0.730. The average Bonchev–Trinajstić information content (AvgIpc) is 2.84. The summed E-state index contributed by atoms with van der Waals surface area (Å²) < 4.78 is 37.7. The molecule has 6 heteroatoms. The molecule has 76 valence electrons. The van der Waals surface area contributed by atoms with E-state index in [-0.39, 0.29) is 23.7 Å². The van der Waals surface area contributed by atoms with E-state index < -0.39 is 11.6 Å². The van der Waals surface area contributed by atoms with E-state index in [1.807, 2.05) is 0 Å². The van der Waals surface area contributed by atoms with Gasteiger partial charge in [-0.2, -0.15) is 18.3 Å². The summed E-state index contributed by atoms with van der Waals surface area (Å²) in [5, 5.41) is 6.99. The molecule has 0 unspecified atom stereocenters. The van der Waals surface area contributed by atoms with E-state index in [2.05, 4.69) is 10.2 Å². The molecule has 1 fully saturated rings. The summed E-state index contributed by atoms with van der Waals surface area (Å²) in [6.07, 6.45) is -4.06. The van der Waals surface area contributed by atoms with Crippen LogP contribution in [0.4, 0.5) is 13.2 Å². The first kappa shape index (κ1) is 9.71. The van der Waals surface area contributed by atoms with Crippen molar-refractivity contribution in [2.75, 3.05) is 0 Å². The molecule has 0 N–H and O–H groups in total. The van der Waals surface area contributed by atoms with Crippen LogP contribution in [0.5, 0.6) is 0 Å². The van der Waals surface area contributed by atoms with Crippen molar-refractivity contribution in [2.45, 2.75) is 24.4 Å². The minimum atomic E-state index is -4.24. The minimum absolute atomic E-state index is 0.0330. The van der Waals surface area contributed by atoms with Gasteiger partial charge in [0.2, 0.25) is 0 Å². The maximum atomic E-state index is 12.6. The summed E-state index contributed by atoms with van der Waals surface area (Å²) in [5.41, 5.74) is -1.79. The fourth-order valence-electron chi connectivity index (χ4n) is 1.38. The van der Waals surface area contributed by atoms with Gasteiger partial charge in [0.15, 0.2) is 5.15 Å². The number of nitrogens with zero attached hydrogens (tertiary/aromatic N) is 2. The molecular formula is C8H6ClF3N2. The van der Waals surface area contributed by atoms with E-state index in [4.69, 9.17) is 11.6 Å². The van der Waals surface area contributed by atoms with Crippen molar-refractivity contribution in [3.8, 4) is 0 Å². The first-order valence-electron chi connectivity index (χ1n) is 4.02. The molecule has 1 aromatic rings. The SMILES string of the molecule is FC(F)(F)C1(c2ccc(Cl)nn2)CC1. The molecule has 2 nitrogen and oxygen atoms in total. The minimum Gasteiger partial charge on any atom is -0.170 e. The second-order valence-electron chi connectivity index (χ2n) is 3.32. The zero-order chi connectivity index (χ0) is 10.4. The lowest BCUT2D eigenvalue weighted by Crippen LogP contribution is -2.29. The monoisotopic (exact) mass is 222 g/mol. The second-order valence-corrected chi connectivity index (χ2v) is 3.71. The third-order valence-electron chi connectivity index (χ3n) is 2.41. The molecule has 0 amide bonds. The van der Waals surface area contributed by atoms with Crippen molar-refractivity contribution in [1.29, 1.82) is 0 Å². The maximum Gasteiger partial charge on any atom is 0.400 e. The summed E-state index contributed by atoms with van der Waals surface area (Å²) in [7, 11) is 0. The fraction of sp³-hybridized carbons (Fsp3) is 0.500. The average molecular weight is 223 g/mol. The smallest absolute Gasteiger partial charge is 0.170 e. The normalized spacial score (nSPS) is 19.4. The summed E-state index contributed by atoms with van der Waals surface area (Å²) in [6.45, 7) is 0. The Labute approximate surface area is 83.1 Å². The Morgan fingerprint density at radius 2 is 1.86 bits per heavy atom. The van der Waals surface area contributed by atoms with Gasteiger partial charge < -0.3 is 0 Å². The highest BCUT2D eigenvalue weighted by molar-refractivity contribution is 6.29. The molecule has 2 rings (SSSR count). The van der Waals surface area contributed by atoms with Gasteiger partial charge in [0.05, 0.1) is 5.69 Å². The van der Waals surface area contributed by atoms with E-state index in [9.17, 15) is 13.2 Å². The zero-order valence-electron chi connectivity index (χ0n) is 6.98. The Bertz CT molecular complexity index is 343. The zero-order valence-corrected chi connectivity index (χ0v) is 7.73. The highest BCUT2D eigenvalue weighted by atomic mass is 35.5. The molecule has 0 radical (unpaired) electrons. The number of halogens is 4. The van der Waals surface area contributed by atoms with Crippen LogP contribution in [0.3, 0.4) is 0 Å². The molecule has 0 saturated heterocycles. The summed E-state index contributed by atoms with van der Waals surface area (Å²) in [6, 6.07) is 2.62. The van der Waals surface area contributed by atoms with Gasteiger partial charge in [-0.05, 0) is 25.0 Å². The molecule has 0 aromatic carbocycles. The first-order valence-corrected chi connectivity index (χ1v) is 4.40. The Kier molecular flexibility index (Phi) is 1.96. The van der Waals surface area contributed by atoms with Crippen LogP contribution in [-0.4, -0.2) is 16.4 Å². The van der Waals surface area contributed by atoms with Gasteiger partial charge in [0, 0.05) is 0 Å². The Morgan fingerprint density at radius 3 is 2.21 bits per heavy atom. The van der Waals surface area contributed by atoms with Crippen molar-refractivity contribution in [1.82, 2.24) is 10.2 Å². The van der Waals surface area contributed by atoms with Crippen LogP contribution in [0.25, 0.3) is 0 Å². The second kappa shape index (κ2) is 2.82. The molecule has 14 heavy (non-hydrogen) atoms. The van der Waals surface area contributed by atoms with E-state index in [1.54, 1.807) is 0 Å².